The lowest BCUT2D eigenvalue weighted by Crippen LogP contribution is -2.31. The molecular weight excluding hydrogens is 472 g/mol. The highest BCUT2D eigenvalue weighted by Crippen LogP contribution is 2.33. The summed E-state index contributed by atoms with van der Waals surface area (Å²) in [4.78, 5) is 28.0. The molecule has 9 heteroatoms. The molecule has 4 N–H and O–H groups in total. The van der Waals surface area contributed by atoms with Gasteiger partial charge in [-0.2, -0.15) is 16.7 Å². The number of nitrogens with one attached hydrogen (secondary N) is 1. The number of aromatic nitrogens is 3. The molecule has 184 valence electrons. The molecule has 0 bridgehead atoms. The number of amides is 1. The molecule has 1 saturated heterocycles. The van der Waals surface area contributed by atoms with Crippen LogP contribution in [0.4, 0.5) is 5.95 Å². The molecule has 8 nitrogen and oxygen atoms in total. The summed E-state index contributed by atoms with van der Waals surface area (Å²) in [6.45, 7) is 4.62. The lowest BCUT2D eigenvalue weighted by atomic mass is 9.98. The van der Waals surface area contributed by atoms with Crippen LogP contribution in [0.15, 0.2) is 48.7 Å². The van der Waals surface area contributed by atoms with Crippen molar-refractivity contribution in [1.82, 2.24) is 19.9 Å². The van der Waals surface area contributed by atoms with Gasteiger partial charge in [-0.1, -0.05) is 24.3 Å². The van der Waals surface area contributed by atoms with Crippen molar-refractivity contribution in [2.24, 2.45) is 5.73 Å². The van der Waals surface area contributed by atoms with E-state index in [1.165, 1.54) is 51.0 Å². The molecule has 4 heterocycles. The lowest BCUT2D eigenvalue weighted by molar-refractivity contribution is 0.0996. The van der Waals surface area contributed by atoms with Gasteiger partial charge in [0, 0.05) is 79.0 Å². The molecule has 0 atom stereocenters. The zero-order valence-electron chi connectivity index (χ0n) is 19.9. The Hall–Kier alpha value is -3.56. The van der Waals surface area contributed by atoms with Crippen molar-refractivity contribution in [2.45, 2.75) is 19.5 Å². The molecule has 0 saturated carbocycles. The SMILES string of the molecule is NC(=O)c1cnc(N2CCc3[nH]c4ccc(-c5cccc(CN6CCSCC6)c5)cc4c3C2)nc1O. The predicted octanol–water partition coefficient (Wildman–Crippen LogP) is 3.54. The summed E-state index contributed by atoms with van der Waals surface area (Å²) < 4.78 is 0. The third-order valence-electron chi connectivity index (χ3n) is 7.05. The van der Waals surface area contributed by atoms with Crippen LogP contribution in [0.2, 0.25) is 0 Å². The number of hydrogen-bond acceptors (Lipinski definition) is 7. The molecule has 1 fully saturated rings. The second-order valence-corrected chi connectivity index (χ2v) is 10.6. The number of nitrogens with zero attached hydrogens (tertiary/aromatic N) is 4. The van der Waals surface area contributed by atoms with Crippen molar-refractivity contribution in [2.75, 3.05) is 36.0 Å². The summed E-state index contributed by atoms with van der Waals surface area (Å²) in [6, 6.07) is 15.5. The Morgan fingerprint density at radius 1 is 1.11 bits per heavy atom. The number of hydrogen-bond donors (Lipinski definition) is 3. The first-order valence-electron chi connectivity index (χ1n) is 12.2. The number of nitrogens with two attached hydrogens (primary N) is 1. The van der Waals surface area contributed by atoms with Crippen LogP contribution in [-0.4, -0.2) is 62.0 Å². The van der Waals surface area contributed by atoms with Crippen LogP contribution < -0.4 is 10.6 Å². The lowest BCUT2D eigenvalue weighted by Gasteiger charge is -2.27. The normalized spacial score (nSPS) is 16.3. The van der Waals surface area contributed by atoms with Gasteiger partial charge in [0.15, 0.2) is 0 Å². The summed E-state index contributed by atoms with van der Waals surface area (Å²) in [7, 11) is 0. The van der Waals surface area contributed by atoms with Gasteiger partial charge in [0.05, 0.1) is 0 Å². The number of H-pyrrole nitrogens is 1. The van der Waals surface area contributed by atoms with Crippen molar-refractivity contribution in [1.29, 1.82) is 0 Å². The van der Waals surface area contributed by atoms with E-state index in [0.29, 0.717) is 19.0 Å². The first-order valence-corrected chi connectivity index (χ1v) is 13.3. The molecule has 6 rings (SSSR count). The molecule has 0 unspecified atom stereocenters. The van der Waals surface area contributed by atoms with E-state index in [9.17, 15) is 9.90 Å². The van der Waals surface area contributed by atoms with Gasteiger partial charge in [-0.25, -0.2) is 4.98 Å². The van der Waals surface area contributed by atoms with E-state index in [1.54, 1.807) is 0 Å². The minimum Gasteiger partial charge on any atom is -0.493 e. The van der Waals surface area contributed by atoms with E-state index in [4.69, 9.17) is 5.73 Å². The van der Waals surface area contributed by atoms with Gasteiger partial charge in [0.1, 0.15) is 5.56 Å². The Balaban J connectivity index is 1.28. The van der Waals surface area contributed by atoms with Gasteiger partial charge in [0.2, 0.25) is 11.8 Å². The molecule has 2 aliphatic heterocycles. The Kier molecular flexibility index (Phi) is 6.02. The third kappa shape index (κ3) is 4.40. The molecule has 4 aromatic rings. The zero-order valence-corrected chi connectivity index (χ0v) is 20.7. The van der Waals surface area contributed by atoms with Crippen LogP contribution in [-0.2, 0) is 19.5 Å². The van der Waals surface area contributed by atoms with Crippen LogP contribution in [0, 0.1) is 0 Å². The number of anilines is 1. The monoisotopic (exact) mass is 500 g/mol. The quantitative estimate of drug-likeness (QED) is 0.384. The van der Waals surface area contributed by atoms with Crippen LogP contribution in [0.5, 0.6) is 5.88 Å². The maximum absolute atomic E-state index is 11.4. The smallest absolute Gasteiger partial charge is 0.255 e. The van der Waals surface area contributed by atoms with Crippen molar-refractivity contribution in [3.8, 4) is 17.0 Å². The highest BCUT2D eigenvalue weighted by Gasteiger charge is 2.24. The molecule has 2 aromatic carbocycles. The van der Waals surface area contributed by atoms with Gasteiger partial charge in [0.25, 0.3) is 5.91 Å². The van der Waals surface area contributed by atoms with Crippen LogP contribution in [0.25, 0.3) is 22.0 Å². The van der Waals surface area contributed by atoms with Crippen molar-refractivity contribution in [3.05, 3.63) is 71.0 Å². The van der Waals surface area contributed by atoms with E-state index < -0.39 is 5.91 Å². The number of aromatic amines is 1. The number of carbonyl (C=O) groups is 1. The molecule has 1 amide bonds. The Morgan fingerprint density at radius 2 is 1.94 bits per heavy atom. The molecule has 2 aromatic heterocycles. The Bertz CT molecular complexity index is 1450. The average Bonchev–Trinajstić information content (AvgIpc) is 3.26. The van der Waals surface area contributed by atoms with Crippen molar-refractivity contribution in [3.63, 3.8) is 0 Å². The van der Waals surface area contributed by atoms with Crippen LogP contribution >= 0.6 is 11.8 Å². The number of primary amides is 1. The van der Waals surface area contributed by atoms with E-state index in [1.807, 2.05) is 16.7 Å². The largest absolute Gasteiger partial charge is 0.493 e. The highest BCUT2D eigenvalue weighted by atomic mass is 32.2. The molecular formula is C27H28N6O2S. The van der Waals surface area contributed by atoms with Crippen LogP contribution in [0.3, 0.4) is 0 Å². The maximum atomic E-state index is 11.4. The average molecular weight is 501 g/mol. The number of benzene rings is 2. The Morgan fingerprint density at radius 3 is 2.75 bits per heavy atom. The summed E-state index contributed by atoms with van der Waals surface area (Å²) in [5, 5.41) is 11.3. The first kappa shape index (κ1) is 22.9. The van der Waals surface area contributed by atoms with E-state index in [-0.39, 0.29) is 11.4 Å². The first-order chi connectivity index (χ1) is 17.5. The summed E-state index contributed by atoms with van der Waals surface area (Å²) in [6.07, 6.45) is 2.10. The highest BCUT2D eigenvalue weighted by molar-refractivity contribution is 7.99. The topological polar surface area (TPSA) is 111 Å². The summed E-state index contributed by atoms with van der Waals surface area (Å²) >= 11 is 2.04. The third-order valence-corrected chi connectivity index (χ3v) is 7.99. The van der Waals surface area contributed by atoms with Gasteiger partial charge in [-0.3, -0.25) is 9.69 Å². The standard InChI is InChI=1S/C27H28N6O2S/c28-25(34)21-14-29-27(31-26(21)35)33-7-6-24-22(16-33)20-13-19(4-5-23(20)30-24)18-3-1-2-17(12-18)15-32-8-10-36-11-9-32/h1-5,12-14,30H,6-11,15-16H2,(H2,28,34)(H,29,31,35). The minimum atomic E-state index is -0.747. The number of thioether (sulfide) groups is 1. The zero-order chi connectivity index (χ0) is 24.6. The van der Waals surface area contributed by atoms with Gasteiger partial charge in [-0.15, -0.1) is 0 Å². The Labute approximate surface area is 213 Å². The number of carbonyl (C=O) groups excluding carboxylic acids is 1. The molecule has 0 aliphatic carbocycles. The number of fused-ring (bicyclic) bond motifs is 3. The van der Waals surface area contributed by atoms with E-state index in [2.05, 4.69) is 62.3 Å². The van der Waals surface area contributed by atoms with Crippen molar-refractivity contribution < 1.29 is 9.90 Å². The minimum absolute atomic E-state index is 0.0745. The molecule has 36 heavy (non-hydrogen) atoms. The van der Waals surface area contributed by atoms with Crippen LogP contribution in [0.1, 0.15) is 27.2 Å². The molecule has 2 aliphatic rings. The second kappa shape index (κ2) is 9.48. The fourth-order valence-corrected chi connectivity index (χ4v) is 6.10. The van der Waals surface area contributed by atoms with E-state index >= 15 is 0 Å². The fourth-order valence-electron chi connectivity index (χ4n) is 5.12. The number of aromatic hydroxyl groups is 1. The number of rotatable bonds is 5. The van der Waals surface area contributed by atoms with Gasteiger partial charge < -0.3 is 20.7 Å². The van der Waals surface area contributed by atoms with E-state index in [0.717, 1.165) is 31.6 Å². The maximum Gasteiger partial charge on any atom is 0.255 e. The fraction of sp³-hybridized carbons (Fsp3) is 0.296. The van der Waals surface area contributed by atoms with Gasteiger partial charge in [-0.05, 0) is 34.9 Å². The van der Waals surface area contributed by atoms with Crippen molar-refractivity contribution >= 4 is 34.5 Å². The second-order valence-electron chi connectivity index (χ2n) is 9.37. The predicted molar refractivity (Wildman–Crippen MR) is 143 cm³/mol. The summed E-state index contributed by atoms with van der Waals surface area (Å²) in [5.41, 5.74) is 12.5. The van der Waals surface area contributed by atoms with Gasteiger partial charge >= 0.3 is 0 Å². The summed E-state index contributed by atoms with van der Waals surface area (Å²) in [5.74, 6) is 1.68. The molecule has 0 radical (unpaired) electrons. The molecule has 0 spiro atoms.